The van der Waals surface area contributed by atoms with Gasteiger partial charge in [0.2, 0.25) is 0 Å². The SMILES string of the molecule is C#Cc1ccc(C=O)c(Cl)c1. The van der Waals surface area contributed by atoms with E-state index in [4.69, 9.17) is 18.0 Å². The molecule has 11 heavy (non-hydrogen) atoms. The number of hydrogen-bond acceptors (Lipinski definition) is 1. The highest BCUT2D eigenvalue weighted by molar-refractivity contribution is 6.33. The molecule has 0 aliphatic heterocycles. The molecule has 0 saturated heterocycles. The number of rotatable bonds is 1. The van der Waals surface area contributed by atoms with Gasteiger partial charge in [-0.2, -0.15) is 0 Å². The van der Waals surface area contributed by atoms with E-state index >= 15 is 0 Å². The summed E-state index contributed by atoms with van der Waals surface area (Å²) >= 11 is 5.68. The summed E-state index contributed by atoms with van der Waals surface area (Å²) in [6, 6.07) is 4.87. The van der Waals surface area contributed by atoms with Crippen LogP contribution in [0.15, 0.2) is 18.2 Å². The van der Waals surface area contributed by atoms with Crippen LogP contribution in [0.5, 0.6) is 0 Å². The highest BCUT2D eigenvalue weighted by Crippen LogP contribution is 2.15. The molecule has 0 aromatic heterocycles. The first-order chi connectivity index (χ1) is 5.27. The third kappa shape index (κ3) is 1.60. The van der Waals surface area contributed by atoms with Crippen LogP contribution in [0.25, 0.3) is 0 Å². The summed E-state index contributed by atoms with van der Waals surface area (Å²) in [4.78, 5) is 10.3. The Balaban J connectivity index is 3.22. The second-order valence-corrected chi connectivity index (χ2v) is 2.41. The molecule has 54 valence electrons. The lowest BCUT2D eigenvalue weighted by Crippen LogP contribution is -1.82. The quantitative estimate of drug-likeness (QED) is 0.459. The second kappa shape index (κ2) is 3.23. The standard InChI is InChI=1S/C9H5ClO/c1-2-7-3-4-8(6-11)9(10)5-7/h1,3-6H. The van der Waals surface area contributed by atoms with Crippen molar-refractivity contribution in [2.24, 2.45) is 0 Å². The van der Waals surface area contributed by atoms with Gasteiger partial charge in [0, 0.05) is 11.1 Å². The molecular formula is C9H5ClO. The van der Waals surface area contributed by atoms with Crippen molar-refractivity contribution in [3.05, 3.63) is 34.3 Å². The molecule has 1 rings (SSSR count). The lowest BCUT2D eigenvalue weighted by molar-refractivity contribution is 0.112. The maximum atomic E-state index is 10.3. The van der Waals surface area contributed by atoms with Crippen LogP contribution < -0.4 is 0 Å². The van der Waals surface area contributed by atoms with E-state index in [-0.39, 0.29) is 0 Å². The van der Waals surface area contributed by atoms with Gasteiger partial charge in [-0.25, -0.2) is 0 Å². The van der Waals surface area contributed by atoms with E-state index in [2.05, 4.69) is 5.92 Å². The summed E-state index contributed by atoms with van der Waals surface area (Å²) in [6.45, 7) is 0. The minimum atomic E-state index is 0.399. The molecular weight excluding hydrogens is 160 g/mol. The normalized spacial score (nSPS) is 8.73. The third-order valence-corrected chi connectivity index (χ3v) is 1.62. The topological polar surface area (TPSA) is 17.1 Å². The van der Waals surface area contributed by atoms with Crippen LogP contribution in [0.2, 0.25) is 5.02 Å². The molecule has 0 bridgehead atoms. The second-order valence-electron chi connectivity index (χ2n) is 2.00. The van der Waals surface area contributed by atoms with E-state index < -0.39 is 0 Å². The smallest absolute Gasteiger partial charge is 0.151 e. The Morgan fingerprint density at radius 3 is 2.73 bits per heavy atom. The molecule has 0 aliphatic carbocycles. The molecule has 0 unspecified atom stereocenters. The fourth-order valence-corrected chi connectivity index (χ4v) is 0.938. The summed E-state index contributed by atoms with van der Waals surface area (Å²) in [5.74, 6) is 2.42. The fourth-order valence-electron chi connectivity index (χ4n) is 0.712. The largest absolute Gasteiger partial charge is 0.298 e. The minimum absolute atomic E-state index is 0.399. The van der Waals surface area contributed by atoms with E-state index in [1.54, 1.807) is 18.2 Å². The fraction of sp³-hybridized carbons (Fsp3) is 0. The number of benzene rings is 1. The van der Waals surface area contributed by atoms with Crippen molar-refractivity contribution in [2.45, 2.75) is 0 Å². The van der Waals surface area contributed by atoms with Gasteiger partial charge in [0.1, 0.15) is 0 Å². The van der Waals surface area contributed by atoms with E-state index in [9.17, 15) is 4.79 Å². The number of carbonyl (C=O) groups excluding carboxylic acids is 1. The van der Waals surface area contributed by atoms with Gasteiger partial charge in [-0.05, 0) is 18.2 Å². The van der Waals surface area contributed by atoms with Crippen LogP contribution in [-0.2, 0) is 0 Å². The van der Waals surface area contributed by atoms with Crippen LogP contribution in [0.1, 0.15) is 15.9 Å². The molecule has 0 heterocycles. The number of halogens is 1. The predicted molar refractivity (Wildman–Crippen MR) is 44.8 cm³/mol. The minimum Gasteiger partial charge on any atom is -0.298 e. The van der Waals surface area contributed by atoms with E-state index in [1.807, 2.05) is 0 Å². The average molecular weight is 165 g/mol. The Morgan fingerprint density at radius 1 is 1.55 bits per heavy atom. The predicted octanol–water partition coefficient (Wildman–Crippen LogP) is 2.13. The van der Waals surface area contributed by atoms with Gasteiger partial charge in [-0.15, -0.1) is 6.42 Å². The average Bonchev–Trinajstić information content (AvgIpc) is 2.04. The third-order valence-electron chi connectivity index (χ3n) is 1.29. The number of carbonyl (C=O) groups is 1. The van der Waals surface area contributed by atoms with Gasteiger partial charge in [0.15, 0.2) is 6.29 Å². The molecule has 2 heteroatoms. The summed E-state index contributed by atoms with van der Waals surface area (Å²) in [5.41, 5.74) is 1.14. The Labute approximate surface area is 70.0 Å². The van der Waals surface area contributed by atoms with E-state index in [0.717, 1.165) is 0 Å². The maximum Gasteiger partial charge on any atom is 0.151 e. The van der Waals surface area contributed by atoms with Crippen molar-refractivity contribution in [1.82, 2.24) is 0 Å². The maximum absolute atomic E-state index is 10.3. The summed E-state index contributed by atoms with van der Waals surface area (Å²) in [7, 11) is 0. The molecule has 0 saturated carbocycles. The van der Waals surface area contributed by atoms with Crippen LogP contribution >= 0.6 is 11.6 Å². The van der Waals surface area contributed by atoms with Crippen molar-refractivity contribution >= 4 is 17.9 Å². The van der Waals surface area contributed by atoms with E-state index in [0.29, 0.717) is 22.4 Å². The Bertz CT molecular complexity index is 323. The lowest BCUT2D eigenvalue weighted by Gasteiger charge is -1.94. The first kappa shape index (κ1) is 7.84. The van der Waals surface area contributed by atoms with E-state index in [1.165, 1.54) is 0 Å². The summed E-state index contributed by atoms with van der Waals surface area (Å²) < 4.78 is 0. The molecule has 0 fully saturated rings. The van der Waals surface area contributed by atoms with Crippen molar-refractivity contribution in [3.8, 4) is 12.3 Å². The van der Waals surface area contributed by atoms with Crippen molar-refractivity contribution in [3.63, 3.8) is 0 Å². The summed E-state index contributed by atoms with van der Waals surface area (Å²) in [6.07, 6.45) is 5.81. The summed E-state index contributed by atoms with van der Waals surface area (Å²) in [5, 5.41) is 0.399. The zero-order valence-electron chi connectivity index (χ0n) is 5.67. The molecule has 0 aliphatic rings. The molecule has 1 aromatic rings. The Kier molecular flexibility index (Phi) is 2.30. The zero-order valence-corrected chi connectivity index (χ0v) is 6.43. The zero-order chi connectivity index (χ0) is 8.27. The van der Waals surface area contributed by atoms with Gasteiger partial charge >= 0.3 is 0 Å². The van der Waals surface area contributed by atoms with Gasteiger partial charge in [0.25, 0.3) is 0 Å². The molecule has 1 nitrogen and oxygen atoms in total. The first-order valence-corrected chi connectivity index (χ1v) is 3.37. The van der Waals surface area contributed by atoms with Crippen LogP contribution in [0, 0.1) is 12.3 Å². The molecule has 0 amide bonds. The lowest BCUT2D eigenvalue weighted by atomic mass is 10.1. The van der Waals surface area contributed by atoms with Gasteiger partial charge in [0.05, 0.1) is 5.02 Å². The van der Waals surface area contributed by atoms with Crippen LogP contribution in [-0.4, -0.2) is 6.29 Å². The highest BCUT2D eigenvalue weighted by Gasteiger charge is 1.97. The number of hydrogen-bond donors (Lipinski definition) is 0. The number of terminal acetylenes is 1. The van der Waals surface area contributed by atoms with Crippen molar-refractivity contribution in [2.75, 3.05) is 0 Å². The number of aldehydes is 1. The Hall–Kier alpha value is -1.26. The van der Waals surface area contributed by atoms with Crippen LogP contribution in [0.3, 0.4) is 0 Å². The Morgan fingerprint density at radius 2 is 2.27 bits per heavy atom. The molecule has 0 radical (unpaired) electrons. The molecule has 0 spiro atoms. The van der Waals surface area contributed by atoms with Crippen LogP contribution in [0.4, 0.5) is 0 Å². The first-order valence-electron chi connectivity index (χ1n) is 2.99. The van der Waals surface area contributed by atoms with Gasteiger partial charge in [-0.1, -0.05) is 17.5 Å². The molecule has 0 atom stereocenters. The van der Waals surface area contributed by atoms with Crippen molar-refractivity contribution < 1.29 is 4.79 Å². The highest BCUT2D eigenvalue weighted by atomic mass is 35.5. The monoisotopic (exact) mass is 164 g/mol. The van der Waals surface area contributed by atoms with Gasteiger partial charge < -0.3 is 0 Å². The van der Waals surface area contributed by atoms with Gasteiger partial charge in [-0.3, -0.25) is 4.79 Å². The molecule has 1 aromatic carbocycles. The van der Waals surface area contributed by atoms with Crippen molar-refractivity contribution in [1.29, 1.82) is 0 Å². The molecule has 0 N–H and O–H groups in total.